The van der Waals surface area contributed by atoms with Gasteiger partial charge in [0, 0.05) is 36.6 Å². The van der Waals surface area contributed by atoms with Crippen LogP contribution in [0.15, 0.2) is 35.3 Å². The van der Waals surface area contributed by atoms with Crippen LogP contribution in [0.4, 0.5) is 10.5 Å². The van der Waals surface area contributed by atoms with Crippen molar-refractivity contribution < 1.29 is 4.79 Å². The van der Waals surface area contributed by atoms with Gasteiger partial charge in [-0.3, -0.25) is 4.79 Å². The molecule has 2 amide bonds. The van der Waals surface area contributed by atoms with Crippen LogP contribution in [0.2, 0.25) is 0 Å². The molecule has 0 aliphatic rings. The van der Waals surface area contributed by atoms with Crippen molar-refractivity contribution in [3.63, 3.8) is 0 Å². The molecule has 142 valence electrons. The Labute approximate surface area is 155 Å². The van der Waals surface area contributed by atoms with Gasteiger partial charge in [-0.15, -0.1) is 0 Å². The van der Waals surface area contributed by atoms with Crippen LogP contribution in [0.5, 0.6) is 0 Å². The number of hydrogen-bond acceptors (Lipinski definition) is 3. The van der Waals surface area contributed by atoms with Crippen molar-refractivity contribution in [1.82, 2.24) is 14.8 Å². The van der Waals surface area contributed by atoms with E-state index in [-0.39, 0.29) is 11.6 Å². The van der Waals surface area contributed by atoms with Crippen molar-refractivity contribution in [2.24, 2.45) is 5.92 Å². The number of benzene rings is 1. The van der Waals surface area contributed by atoms with Crippen LogP contribution in [0.25, 0.3) is 10.8 Å². The maximum Gasteiger partial charge on any atom is 0.319 e. The number of amides is 2. The highest BCUT2D eigenvalue weighted by Crippen LogP contribution is 2.20. The Morgan fingerprint density at radius 3 is 2.42 bits per heavy atom. The monoisotopic (exact) mass is 358 g/mol. The number of fused-ring (bicyclic) bond motifs is 1. The molecule has 26 heavy (non-hydrogen) atoms. The Morgan fingerprint density at radius 2 is 1.81 bits per heavy atom. The standard InChI is InChI=1S/C20H30N4O2/c1-5-23(6-2)12-11-21-20(26)22-18-14-24(13-15(3)4)19(25)17-10-8-7-9-16(17)18/h7-10,14-15H,5-6,11-13H2,1-4H3,(H2,21,22,26). The van der Waals surface area contributed by atoms with E-state index in [4.69, 9.17) is 0 Å². The lowest BCUT2D eigenvalue weighted by Crippen LogP contribution is -2.37. The van der Waals surface area contributed by atoms with Gasteiger partial charge in [0.25, 0.3) is 5.56 Å². The molecule has 0 bridgehead atoms. The van der Waals surface area contributed by atoms with Gasteiger partial charge >= 0.3 is 6.03 Å². The highest BCUT2D eigenvalue weighted by Gasteiger charge is 2.12. The van der Waals surface area contributed by atoms with Gasteiger partial charge in [0.1, 0.15) is 0 Å². The molecule has 0 fully saturated rings. The van der Waals surface area contributed by atoms with Crippen molar-refractivity contribution in [3.8, 4) is 0 Å². The van der Waals surface area contributed by atoms with Crippen molar-refractivity contribution in [3.05, 3.63) is 40.8 Å². The smallest absolute Gasteiger partial charge is 0.319 e. The lowest BCUT2D eigenvalue weighted by atomic mass is 10.1. The molecule has 0 atom stereocenters. The second-order valence-corrected chi connectivity index (χ2v) is 6.85. The average Bonchev–Trinajstić information content (AvgIpc) is 2.62. The number of hydrogen-bond donors (Lipinski definition) is 2. The minimum absolute atomic E-state index is 0.0261. The number of urea groups is 1. The van der Waals surface area contributed by atoms with E-state index >= 15 is 0 Å². The molecule has 0 saturated heterocycles. The number of anilines is 1. The molecule has 2 N–H and O–H groups in total. The fraction of sp³-hybridized carbons (Fsp3) is 0.500. The molecule has 2 rings (SSSR count). The number of nitrogens with one attached hydrogen (secondary N) is 2. The van der Waals surface area contributed by atoms with Crippen molar-refractivity contribution in [2.75, 3.05) is 31.5 Å². The van der Waals surface area contributed by atoms with E-state index in [1.807, 2.05) is 18.2 Å². The molecule has 1 heterocycles. The Morgan fingerprint density at radius 1 is 1.15 bits per heavy atom. The quantitative estimate of drug-likeness (QED) is 0.762. The van der Waals surface area contributed by atoms with E-state index < -0.39 is 0 Å². The average molecular weight is 358 g/mol. The van der Waals surface area contributed by atoms with Gasteiger partial charge in [0.2, 0.25) is 0 Å². The normalized spacial score (nSPS) is 11.3. The van der Waals surface area contributed by atoms with E-state index in [1.165, 1.54) is 0 Å². The molecule has 0 radical (unpaired) electrons. The van der Waals surface area contributed by atoms with Gasteiger partial charge in [-0.25, -0.2) is 4.79 Å². The van der Waals surface area contributed by atoms with E-state index in [0.29, 0.717) is 30.1 Å². The van der Waals surface area contributed by atoms with Gasteiger partial charge in [-0.2, -0.15) is 0 Å². The van der Waals surface area contributed by atoms with Crippen LogP contribution in [0.1, 0.15) is 27.7 Å². The maximum atomic E-state index is 12.6. The van der Waals surface area contributed by atoms with Crippen molar-refractivity contribution in [1.29, 1.82) is 0 Å². The summed E-state index contributed by atoms with van der Waals surface area (Å²) in [6, 6.07) is 7.13. The summed E-state index contributed by atoms with van der Waals surface area (Å²) in [7, 11) is 0. The molecule has 1 aromatic carbocycles. The Bertz CT molecular complexity index is 794. The number of carbonyl (C=O) groups excluding carboxylic acids is 1. The van der Waals surface area contributed by atoms with E-state index in [2.05, 4.69) is 43.2 Å². The fourth-order valence-electron chi connectivity index (χ4n) is 3.01. The molecule has 6 nitrogen and oxygen atoms in total. The molecule has 0 aliphatic heterocycles. The Balaban J connectivity index is 2.18. The molecular formula is C20H30N4O2. The summed E-state index contributed by atoms with van der Waals surface area (Å²) in [5.74, 6) is 0.338. The zero-order valence-corrected chi connectivity index (χ0v) is 16.2. The molecule has 0 aliphatic carbocycles. The van der Waals surface area contributed by atoms with Crippen LogP contribution < -0.4 is 16.2 Å². The second-order valence-electron chi connectivity index (χ2n) is 6.85. The van der Waals surface area contributed by atoms with Crippen LogP contribution in [0.3, 0.4) is 0 Å². The molecule has 2 aromatic rings. The molecule has 6 heteroatoms. The summed E-state index contributed by atoms with van der Waals surface area (Å²) in [4.78, 5) is 27.2. The van der Waals surface area contributed by atoms with Crippen LogP contribution in [-0.2, 0) is 6.54 Å². The summed E-state index contributed by atoms with van der Waals surface area (Å²) in [5.41, 5.74) is 0.628. The van der Waals surface area contributed by atoms with Crippen LogP contribution in [0, 0.1) is 5.92 Å². The third-order valence-corrected chi connectivity index (χ3v) is 4.41. The lowest BCUT2D eigenvalue weighted by molar-refractivity contribution is 0.248. The Kier molecular flexibility index (Phi) is 7.21. The first kappa shape index (κ1) is 20.0. The summed E-state index contributed by atoms with van der Waals surface area (Å²) >= 11 is 0. The van der Waals surface area contributed by atoms with Gasteiger partial charge in [-0.1, -0.05) is 45.9 Å². The Hall–Kier alpha value is -2.34. The lowest BCUT2D eigenvalue weighted by Gasteiger charge is -2.18. The zero-order chi connectivity index (χ0) is 19.1. The topological polar surface area (TPSA) is 66.4 Å². The van der Waals surface area contributed by atoms with Crippen LogP contribution in [-0.4, -0.2) is 41.7 Å². The van der Waals surface area contributed by atoms with E-state index in [9.17, 15) is 9.59 Å². The predicted molar refractivity (Wildman–Crippen MR) is 108 cm³/mol. The predicted octanol–water partition coefficient (Wildman–Crippen LogP) is 3.12. The molecular weight excluding hydrogens is 328 g/mol. The number of aromatic nitrogens is 1. The summed E-state index contributed by atoms with van der Waals surface area (Å²) in [6.45, 7) is 12.3. The first-order valence-corrected chi connectivity index (χ1v) is 9.35. The molecule has 0 saturated carbocycles. The first-order valence-electron chi connectivity index (χ1n) is 9.35. The first-order chi connectivity index (χ1) is 12.5. The highest BCUT2D eigenvalue weighted by atomic mass is 16.2. The third kappa shape index (κ3) is 5.08. The maximum absolute atomic E-state index is 12.6. The van der Waals surface area contributed by atoms with E-state index in [1.54, 1.807) is 16.8 Å². The molecule has 0 spiro atoms. The number of likely N-dealkylation sites (N-methyl/N-ethyl adjacent to an activating group) is 1. The summed E-state index contributed by atoms with van der Waals surface area (Å²) < 4.78 is 1.68. The zero-order valence-electron chi connectivity index (χ0n) is 16.2. The number of nitrogens with zero attached hydrogens (tertiary/aromatic N) is 2. The van der Waals surface area contributed by atoms with E-state index in [0.717, 1.165) is 25.0 Å². The third-order valence-electron chi connectivity index (χ3n) is 4.41. The van der Waals surface area contributed by atoms with Gasteiger partial charge in [-0.05, 0) is 25.1 Å². The van der Waals surface area contributed by atoms with Crippen molar-refractivity contribution >= 4 is 22.5 Å². The minimum atomic E-state index is -0.253. The van der Waals surface area contributed by atoms with Gasteiger partial charge < -0.3 is 20.1 Å². The molecule has 1 aromatic heterocycles. The van der Waals surface area contributed by atoms with Crippen LogP contribution >= 0.6 is 0 Å². The molecule has 0 unspecified atom stereocenters. The number of pyridine rings is 1. The van der Waals surface area contributed by atoms with Gasteiger partial charge in [0.05, 0.1) is 5.69 Å². The number of rotatable bonds is 8. The van der Waals surface area contributed by atoms with Crippen molar-refractivity contribution in [2.45, 2.75) is 34.2 Å². The summed E-state index contributed by atoms with van der Waals surface area (Å²) in [5, 5.41) is 7.18. The largest absolute Gasteiger partial charge is 0.337 e. The van der Waals surface area contributed by atoms with Gasteiger partial charge in [0.15, 0.2) is 0 Å². The summed E-state index contributed by atoms with van der Waals surface area (Å²) in [6.07, 6.45) is 1.74. The minimum Gasteiger partial charge on any atom is -0.337 e. The SMILES string of the molecule is CCN(CC)CCNC(=O)Nc1cn(CC(C)C)c(=O)c2ccccc12. The number of carbonyl (C=O) groups is 1. The second kappa shape index (κ2) is 9.38. The fourth-order valence-corrected chi connectivity index (χ4v) is 3.01. The highest BCUT2D eigenvalue weighted by molar-refractivity contribution is 6.00.